The van der Waals surface area contributed by atoms with Crippen LogP contribution < -0.4 is 0 Å². The van der Waals surface area contributed by atoms with Gasteiger partial charge in [-0.1, -0.05) is 6.92 Å². The lowest BCUT2D eigenvalue weighted by Crippen LogP contribution is -2.12. The molecular weight excluding hydrogens is 136 g/mol. The largest absolute Gasteiger partial charge is 0.272 e. The van der Waals surface area contributed by atoms with Gasteiger partial charge in [0.05, 0.1) is 6.20 Å². The lowest BCUT2D eigenvalue weighted by atomic mass is 9.89. The van der Waals surface area contributed by atoms with Gasteiger partial charge in [0.25, 0.3) is 0 Å². The first-order valence-corrected chi connectivity index (χ1v) is 4.27. The smallest absolute Gasteiger partial charge is 0.0524 e. The van der Waals surface area contributed by atoms with Crippen LogP contribution in [0.25, 0.3) is 0 Å². The van der Waals surface area contributed by atoms with E-state index >= 15 is 0 Å². The summed E-state index contributed by atoms with van der Waals surface area (Å²) in [5, 5.41) is 4.25. The Hall–Kier alpha value is -0.790. The van der Waals surface area contributed by atoms with Crippen LogP contribution in [0.2, 0.25) is 0 Å². The van der Waals surface area contributed by atoms with E-state index in [-0.39, 0.29) is 0 Å². The van der Waals surface area contributed by atoms with Gasteiger partial charge >= 0.3 is 0 Å². The molecule has 0 radical (unpaired) electrons. The second-order valence-corrected chi connectivity index (χ2v) is 3.59. The topological polar surface area (TPSA) is 17.8 Å². The Balaban J connectivity index is 2.36. The van der Waals surface area contributed by atoms with Crippen LogP contribution in [-0.4, -0.2) is 9.78 Å². The first-order valence-electron chi connectivity index (χ1n) is 4.27. The van der Waals surface area contributed by atoms with Gasteiger partial charge in [0.2, 0.25) is 0 Å². The van der Waals surface area contributed by atoms with Gasteiger partial charge in [-0.15, -0.1) is 0 Å². The van der Waals surface area contributed by atoms with Gasteiger partial charge in [0, 0.05) is 12.7 Å². The number of aromatic nitrogens is 2. The molecule has 1 heterocycles. The highest BCUT2D eigenvalue weighted by Crippen LogP contribution is 2.23. The number of rotatable bonds is 0. The van der Waals surface area contributed by atoms with Crippen LogP contribution in [0, 0.1) is 5.92 Å². The lowest BCUT2D eigenvalue weighted by Gasteiger charge is -2.17. The van der Waals surface area contributed by atoms with Crippen LogP contribution in [0.4, 0.5) is 0 Å². The molecule has 0 amide bonds. The molecule has 0 bridgehead atoms. The summed E-state index contributed by atoms with van der Waals surface area (Å²) in [5.74, 6) is 0.853. The molecule has 0 unspecified atom stereocenters. The maximum absolute atomic E-state index is 4.25. The molecule has 1 atom stereocenters. The highest BCUT2D eigenvalue weighted by molar-refractivity contribution is 5.20. The maximum Gasteiger partial charge on any atom is 0.0524 e. The molecule has 2 heteroatoms. The maximum atomic E-state index is 4.25. The van der Waals surface area contributed by atoms with Gasteiger partial charge < -0.3 is 0 Å². The molecule has 1 aromatic rings. The van der Waals surface area contributed by atoms with Crippen molar-refractivity contribution in [1.29, 1.82) is 0 Å². The van der Waals surface area contributed by atoms with Crippen molar-refractivity contribution in [1.82, 2.24) is 9.78 Å². The van der Waals surface area contributed by atoms with Gasteiger partial charge in [-0.3, -0.25) is 4.68 Å². The molecule has 0 aliphatic heterocycles. The lowest BCUT2D eigenvalue weighted by molar-refractivity contribution is 0.487. The van der Waals surface area contributed by atoms with E-state index in [1.807, 2.05) is 17.9 Å². The van der Waals surface area contributed by atoms with E-state index in [0.29, 0.717) is 0 Å². The van der Waals surface area contributed by atoms with Crippen LogP contribution in [-0.2, 0) is 19.9 Å². The van der Waals surface area contributed by atoms with Crippen molar-refractivity contribution in [3.05, 3.63) is 17.5 Å². The van der Waals surface area contributed by atoms with Crippen molar-refractivity contribution in [3.63, 3.8) is 0 Å². The monoisotopic (exact) mass is 150 g/mol. The normalized spacial score (nSPS) is 23.3. The average Bonchev–Trinajstić information content (AvgIpc) is 2.32. The summed E-state index contributed by atoms with van der Waals surface area (Å²) in [4.78, 5) is 0. The van der Waals surface area contributed by atoms with Gasteiger partial charge in [-0.25, -0.2) is 0 Å². The molecule has 2 nitrogen and oxygen atoms in total. The minimum atomic E-state index is 0.853. The molecule has 60 valence electrons. The molecule has 0 fully saturated rings. The van der Waals surface area contributed by atoms with Crippen LogP contribution in [0.3, 0.4) is 0 Å². The second kappa shape index (κ2) is 2.36. The first kappa shape index (κ1) is 6.89. The number of hydrogen-bond acceptors (Lipinski definition) is 1. The van der Waals surface area contributed by atoms with E-state index in [1.54, 1.807) is 0 Å². The SMILES string of the molecule is C[C@@H]1CCc2c(cnn2C)C1. The molecule has 1 aliphatic carbocycles. The molecule has 0 aromatic carbocycles. The Morgan fingerprint density at radius 3 is 3.27 bits per heavy atom. The summed E-state index contributed by atoms with van der Waals surface area (Å²) in [5.41, 5.74) is 2.91. The molecule has 0 spiro atoms. The first-order chi connectivity index (χ1) is 5.27. The zero-order valence-electron chi connectivity index (χ0n) is 7.17. The zero-order chi connectivity index (χ0) is 7.84. The summed E-state index contributed by atoms with van der Waals surface area (Å²) in [7, 11) is 2.04. The van der Waals surface area contributed by atoms with E-state index in [1.165, 1.54) is 30.5 Å². The Morgan fingerprint density at radius 2 is 2.45 bits per heavy atom. The van der Waals surface area contributed by atoms with E-state index in [9.17, 15) is 0 Å². The van der Waals surface area contributed by atoms with E-state index in [4.69, 9.17) is 0 Å². The summed E-state index contributed by atoms with van der Waals surface area (Å²) < 4.78 is 2.02. The van der Waals surface area contributed by atoms with Crippen LogP contribution >= 0.6 is 0 Å². The van der Waals surface area contributed by atoms with E-state index in [0.717, 1.165) is 5.92 Å². The predicted octanol–water partition coefficient (Wildman–Crippen LogP) is 1.54. The van der Waals surface area contributed by atoms with Crippen molar-refractivity contribution < 1.29 is 0 Å². The molecule has 0 saturated heterocycles. The molecular formula is C9H14N2. The second-order valence-electron chi connectivity index (χ2n) is 3.59. The van der Waals surface area contributed by atoms with Crippen LogP contribution in [0.1, 0.15) is 24.6 Å². The zero-order valence-corrected chi connectivity index (χ0v) is 7.17. The number of nitrogens with zero attached hydrogens (tertiary/aromatic N) is 2. The number of hydrogen-bond donors (Lipinski definition) is 0. The Bertz CT molecular complexity index is 263. The minimum absolute atomic E-state index is 0.853. The van der Waals surface area contributed by atoms with Crippen molar-refractivity contribution in [2.45, 2.75) is 26.2 Å². The standard InChI is InChI=1S/C9H14N2/c1-7-3-4-9-8(5-7)6-10-11(9)2/h6-7H,3-5H2,1-2H3/t7-/m1/s1. The Morgan fingerprint density at radius 1 is 1.64 bits per heavy atom. The number of fused-ring (bicyclic) bond motifs is 1. The van der Waals surface area contributed by atoms with Gasteiger partial charge in [-0.2, -0.15) is 5.10 Å². The summed E-state index contributed by atoms with van der Waals surface area (Å²) >= 11 is 0. The Kier molecular flexibility index (Phi) is 1.48. The molecule has 1 aromatic heterocycles. The van der Waals surface area contributed by atoms with Gasteiger partial charge in [0.15, 0.2) is 0 Å². The minimum Gasteiger partial charge on any atom is -0.272 e. The molecule has 0 saturated carbocycles. The summed E-state index contributed by atoms with van der Waals surface area (Å²) in [6, 6.07) is 0. The van der Waals surface area contributed by atoms with Crippen LogP contribution in [0.15, 0.2) is 6.20 Å². The van der Waals surface area contributed by atoms with Gasteiger partial charge in [0.1, 0.15) is 0 Å². The molecule has 1 aliphatic rings. The van der Waals surface area contributed by atoms with E-state index < -0.39 is 0 Å². The number of aryl methyl sites for hydroxylation is 1. The molecule has 11 heavy (non-hydrogen) atoms. The fourth-order valence-corrected chi connectivity index (χ4v) is 1.86. The van der Waals surface area contributed by atoms with E-state index in [2.05, 4.69) is 12.0 Å². The average molecular weight is 150 g/mol. The fourth-order valence-electron chi connectivity index (χ4n) is 1.86. The molecule has 2 rings (SSSR count). The van der Waals surface area contributed by atoms with Crippen molar-refractivity contribution in [2.24, 2.45) is 13.0 Å². The third-order valence-electron chi connectivity index (χ3n) is 2.59. The third-order valence-corrected chi connectivity index (χ3v) is 2.59. The third kappa shape index (κ3) is 1.06. The fraction of sp³-hybridized carbons (Fsp3) is 0.667. The highest BCUT2D eigenvalue weighted by Gasteiger charge is 2.17. The predicted molar refractivity (Wildman–Crippen MR) is 44.4 cm³/mol. The highest BCUT2D eigenvalue weighted by atomic mass is 15.3. The van der Waals surface area contributed by atoms with Gasteiger partial charge in [-0.05, 0) is 30.7 Å². The molecule has 0 N–H and O–H groups in total. The van der Waals surface area contributed by atoms with Crippen LogP contribution in [0.5, 0.6) is 0 Å². The summed E-state index contributed by atoms with van der Waals surface area (Å²) in [6.07, 6.45) is 5.79. The quantitative estimate of drug-likeness (QED) is 0.548. The van der Waals surface area contributed by atoms with Crippen molar-refractivity contribution in [3.8, 4) is 0 Å². The van der Waals surface area contributed by atoms with Crippen molar-refractivity contribution >= 4 is 0 Å². The van der Waals surface area contributed by atoms with Crippen molar-refractivity contribution in [2.75, 3.05) is 0 Å². The summed E-state index contributed by atoms with van der Waals surface area (Å²) in [6.45, 7) is 2.32. The Labute approximate surface area is 67.2 Å².